The normalized spacial score (nSPS) is 14.2. The first kappa shape index (κ1) is 14.7. The fourth-order valence-electron chi connectivity index (χ4n) is 2.70. The van der Waals surface area contributed by atoms with Gasteiger partial charge >= 0.3 is 0 Å². The molecule has 1 aromatic carbocycles. The van der Waals surface area contributed by atoms with Crippen LogP contribution in [0.4, 0.5) is 0 Å². The van der Waals surface area contributed by atoms with Gasteiger partial charge in [-0.25, -0.2) is 0 Å². The van der Waals surface area contributed by atoms with Crippen molar-refractivity contribution in [2.24, 2.45) is 16.6 Å². The summed E-state index contributed by atoms with van der Waals surface area (Å²) in [6, 6.07) is 5.83. The van der Waals surface area contributed by atoms with Crippen molar-refractivity contribution >= 4 is 11.5 Å². The van der Waals surface area contributed by atoms with Crippen LogP contribution in [0.2, 0.25) is 0 Å². The number of carbonyl (C=O) groups excluding carboxylic acids is 1. The molecule has 5 heteroatoms. The molecule has 1 aliphatic rings. The first-order valence-electron chi connectivity index (χ1n) is 7.52. The number of aromatic nitrogens is 2. The summed E-state index contributed by atoms with van der Waals surface area (Å²) in [5.74, 6) is 0.596. The van der Waals surface area contributed by atoms with Crippen LogP contribution >= 0.6 is 0 Å². The van der Waals surface area contributed by atoms with E-state index >= 15 is 0 Å². The van der Waals surface area contributed by atoms with Crippen molar-refractivity contribution in [2.75, 3.05) is 13.1 Å². The van der Waals surface area contributed by atoms with Gasteiger partial charge in [-0.2, -0.15) is 5.10 Å². The summed E-state index contributed by atoms with van der Waals surface area (Å²) in [6.07, 6.45) is 3.89. The molecule has 0 aliphatic carbocycles. The highest BCUT2D eigenvalue weighted by molar-refractivity contribution is 6.16. The lowest BCUT2D eigenvalue weighted by molar-refractivity contribution is 0.1000. The van der Waals surface area contributed by atoms with Crippen molar-refractivity contribution in [3.05, 3.63) is 41.7 Å². The Balaban J connectivity index is 1.98. The standard InChI is InChI=1S/C17H20N4O/c1-11(2)9-21-10-13(7-20-21)12-3-4-14-15(5-12)16(6-18)19-8-17(14)22/h3-5,7,10-11H,6,8-9,18H2,1-2H3. The summed E-state index contributed by atoms with van der Waals surface area (Å²) in [5.41, 5.74) is 10.2. The van der Waals surface area contributed by atoms with E-state index < -0.39 is 0 Å². The molecule has 2 aromatic rings. The molecule has 0 bridgehead atoms. The predicted octanol–water partition coefficient (Wildman–Crippen LogP) is 2.15. The average molecular weight is 296 g/mol. The Labute approximate surface area is 129 Å². The van der Waals surface area contributed by atoms with Crippen molar-refractivity contribution in [1.29, 1.82) is 0 Å². The van der Waals surface area contributed by atoms with Gasteiger partial charge in [-0.1, -0.05) is 26.0 Å². The lowest BCUT2D eigenvalue weighted by atomic mass is 9.93. The lowest BCUT2D eigenvalue weighted by Gasteiger charge is -2.15. The van der Waals surface area contributed by atoms with Crippen LogP contribution in [0, 0.1) is 5.92 Å². The van der Waals surface area contributed by atoms with E-state index in [4.69, 9.17) is 5.73 Å². The predicted molar refractivity (Wildman–Crippen MR) is 87.3 cm³/mol. The summed E-state index contributed by atoms with van der Waals surface area (Å²) in [4.78, 5) is 16.2. The second kappa shape index (κ2) is 5.85. The fraction of sp³-hybridized carbons (Fsp3) is 0.353. The lowest BCUT2D eigenvalue weighted by Crippen LogP contribution is -2.24. The summed E-state index contributed by atoms with van der Waals surface area (Å²) in [5, 5.41) is 4.39. The molecular formula is C17H20N4O. The minimum absolute atomic E-state index is 0.0502. The van der Waals surface area contributed by atoms with Crippen molar-refractivity contribution in [2.45, 2.75) is 20.4 Å². The minimum Gasteiger partial charge on any atom is -0.325 e. The number of hydrogen-bond acceptors (Lipinski definition) is 4. The van der Waals surface area contributed by atoms with Gasteiger partial charge in [0.1, 0.15) is 6.54 Å². The van der Waals surface area contributed by atoms with Crippen LogP contribution in [-0.2, 0) is 6.54 Å². The van der Waals surface area contributed by atoms with E-state index in [9.17, 15) is 4.79 Å². The monoisotopic (exact) mass is 296 g/mol. The van der Waals surface area contributed by atoms with E-state index in [-0.39, 0.29) is 12.3 Å². The Bertz CT molecular complexity index is 743. The highest BCUT2D eigenvalue weighted by Gasteiger charge is 2.20. The molecule has 0 amide bonds. The Kier molecular flexibility index (Phi) is 3.90. The average Bonchev–Trinajstić information content (AvgIpc) is 2.95. The number of fused-ring (bicyclic) bond motifs is 1. The Hall–Kier alpha value is -2.27. The van der Waals surface area contributed by atoms with Crippen molar-refractivity contribution in [1.82, 2.24) is 9.78 Å². The number of nitrogens with zero attached hydrogens (tertiary/aromatic N) is 3. The number of carbonyl (C=O) groups is 1. The third-order valence-corrected chi connectivity index (χ3v) is 3.76. The molecule has 1 aliphatic heterocycles. The fourth-order valence-corrected chi connectivity index (χ4v) is 2.70. The van der Waals surface area contributed by atoms with Crippen LogP contribution in [-0.4, -0.2) is 34.4 Å². The Morgan fingerprint density at radius 2 is 2.09 bits per heavy atom. The molecular weight excluding hydrogens is 276 g/mol. The van der Waals surface area contributed by atoms with Crippen LogP contribution in [0.1, 0.15) is 29.8 Å². The molecule has 0 radical (unpaired) electrons. The Morgan fingerprint density at radius 1 is 1.27 bits per heavy atom. The smallest absolute Gasteiger partial charge is 0.184 e. The first-order valence-corrected chi connectivity index (χ1v) is 7.52. The third-order valence-electron chi connectivity index (χ3n) is 3.76. The highest BCUT2D eigenvalue weighted by atomic mass is 16.1. The van der Waals surface area contributed by atoms with Crippen LogP contribution < -0.4 is 5.73 Å². The van der Waals surface area contributed by atoms with Gasteiger partial charge in [0.2, 0.25) is 0 Å². The van der Waals surface area contributed by atoms with Crippen LogP contribution in [0.5, 0.6) is 0 Å². The largest absolute Gasteiger partial charge is 0.325 e. The van der Waals surface area contributed by atoms with Gasteiger partial charge in [-0.05, 0) is 17.5 Å². The summed E-state index contributed by atoms with van der Waals surface area (Å²) in [6.45, 7) is 5.76. The number of benzene rings is 1. The molecule has 2 N–H and O–H groups in total. The van der Waals surface area contributed by atoms with E-state index in [0.29, 0.717) is 18.0 Å². The maximum atomic E-state index is 12.0. The number of aliphatic imine (C=N–C) groups is 1. The zero-order valence-corrected chi connectivity index (χ0v) is 12.9. The molecule has 0 saturated heterocycles. The molecule has 22 heavy (non-hydrogen) atoms. The molecule has 3 rings (SSSR count). The summed E-state index contributed by atoms with van der Waals surface area (Å²) >= 11 is 0. The molecule has 0 fully saturated rings. The SMILES string of the molecule is CC(C)Cn1cc(-c2ccc3c(c2)C(CN)=NCC3=O)cn1. The van der Waals surface area contributed by atoms with Crippen molar-refractivity contribution < 1.29 is 4.79 Å². The van der Waals surface area contributed by atoms with Gasteiger partial charge in [0.05, 0.1) is 11.9 Å². The second-order valence-electron chi connectivity index (χ2n) is 6.00. The summed E-state index contributed by atoms with van der Waals surface area (Å²) < 4.78 is 1.95. The van der Waals surface area contributed by atoms with Gasteiger partial charge in [-0.3, -0.25) is 14.5 Å². The maximum Gasteiger partial charge on any atom is 0.184 e. The Morgan fingerprint density at radius 3 is 2.82 bits per heavy atom. The number of ketones is 1. The van der Waals surface area contributed by atoms with E-state index in [0.717, 1.165) is 28.9 Å². The zero-order valence-electron chi connectivity index (χ0n) is 12.9. The zero-order chi connectivity index (χ0) is 15.7. The molecule has 2 heterocycles. The van der Waals surface area contributed by atoms with Gasteiger partial charge in [0.15, 0.2) is 5.78 Å². The van der Waals surface area contributed by atoms with E-state index in [1.807, 2.05) is 35.3 Å². The van der Waals surface area contributed by atoms with Crippen molar-refractivity contribution in [3.8, 4) is 11.1 Å². The van der Waals surface area contributed by atoms with E-state index in [1.165, 1.54) is 0 Å². The quantitative estimate of drug-likeness (QED) is 0.939. The van der Waals surface area contributed by atoms with Gasteiger partial charge < -0.3 is 5.73 Å². The number of Topliss-reactive ketones (excluding diaryl/α,β-unsaturated/α-hetero) is 1. The molecule has 0 spiro atoms. The maximum absolute atomic E-state index is 12.0. The topological polar surface area (TPSA) is 73.3 Å². The van der Waals surface area contributed by atoms with Crippen molar-refractivity contribution in [3.63, 3.8) is 0 Å². The van der Waals surface area contributed by atoms with Gasteiger partial charge in [0, 0.05) is 36.0 Å². The second-order valence-corrected chi connectivity index (χ2v) is 6.00. The van der Waals surface area contributed by atoms with Gasteiger partial charge in [-0.15, -0.1) is 0 Å². The van der Waals surface area contributed by atoms with E-state index in [1.54, 1.807) is 0 Å². The van der Waals surface area contributed by atoms with Crippen LogP contribution in [0.15, 0.2) is 35.6 Å². The first-order chi connectivity index (χ1) is 10.6. The van der Waals surface area contributed by atoms with Gasteiger partial charge in [0.25, 0.3) is 0 Å². The molecule has 5 nitrogen and oxygen atoms in total. The number of rotatable bonds is 4. The van der Waals surface area contributed by atoms with Crippen LogP contribution in [0.25, 0.3) is 11.1 Å². The number of hydrogen-bond donors (Lipinski definition) is 1. The summed E-state index contributed by atoms with van der Waals surface area (Å²) in [7, 11) is 0. The molecule has 0 atom stereocenters. The van der Waals surface area contributed by atoms with Crippen LogP contribution in [0.3, 0.4) is 0 Å². The van der Waals surface area contributed by atoms with E-state index in [2.05, 4.69) is 23.9 Å². The highest BCUT2D eigenvalue weighted by Crippen LogP contribution is 2.25. The number of nitrogens with two attached hydrogens (primary N) is 1. The molecule has 0 unspecified atom stereocenters. The minimum atomic E-state index is 0.0502. The molecule has 0 saturated carbocycles. The molecule has 114 valence electrons. The molecule has 1 aromatic heterocycles. The third kappa shape index (κ3) is 2.72.